The van der Waals surface area contributed by atoms with Crippen molar-refractivity contribution in [3.05, 3.63) is 63.0 Å². The van der Waals surface area contributed by atoms with E-state index in [-0.39, 0.29) is 29.3 Å². The van der Waals surface area contributed by atoms with Crippen molar-refractivity contribution >= 4 is 29.0 Å². The van der Waals surface area contributed by atoms with Crippen molar-refractivity contribution < 1.29 is 18.7 Å². The first-order valence-corrected chi connectivity index (χ1v) is 8.57. The normalized spacial score (nSPS) is 11.2. The van der Waals surface area contributed by atoms with Gasteiger partial charge in [0.2, 0.25) is 0 Å². The number of aromatic nitrogens is 2. The van der Waals surface area contributed by atoms with E-state index < -0.39 is 6.29 Å². The Labute approximate surface area is 159 Å². The number of nitrogens with one attached hydrogen (secondary N) is 2. The highest BCUT2D eigenvalue weighted by atomic mass is 32.1. The van der Waals surface area contributed by atoms with Crippen LogP contribution >= 0.6 is 12.2 Å². The molecule has 0 aliphatic rings. The average molecular weight is 389 g/mol. The van der Waals surface area contributed by atoms with Crippen molar-refractivity contribution in [1.29, 1.82) is 0 Å². The highest BCUT2D eigenvalue weighted by Gasteiger charge is 2.13. The van der Waals surface area contributed by atoms with Crippen molar-refractivity contribution in [2.24, 2.45) is 0 Å². The van der Waals surface area contributed by atoms with Crippen LogP contribution in [0, 0.1) is 4.77 Å². The lowest BCUT2D eigenvalue weighted by molar-refractivity contribution is -0.0974. The van der Waals surface area contributed by atoms with E-state index in [0.717, 1.165) is 0 Å². The first-order valence-electron chi connectivity index (χ1n) is 8.16. The van der Waals surface area contributed by atoms with Crippen LogP contribution in [0.25, 0.3) is 10.9 Å². The fourth-order valence-electron chi connectivity index (χ4n) is 2.64. The summed E-state index contributed by atoms with van der Waals surface area (Å²) in [7, 11) is 2.98. The molecule has 0 atom stereocenters. The molecule has 27 heavy (non-hydrogen) atoms. The molecule has 0 fully saturated rings. The number of nitrogens with zero attached hydrogens (tertiary/aromatic N) is 1. The number of hydrogen-bond donors (Lipinski definition) is 2. The summed E-state index contributed by atoms with van der Waals surface area (Å²) in [6.07, 6.45) is 1.01. The molecule has 0 bridgehead atoms. The maximum Gasteiger partial charge on any atom is 0.262 e. The predicted octanol–water partition coefficient (Wildman–Crippen LogP) is 2.05. The lowest BCUT2D eigenvalue weighted by Gasteiger charge is -2.14. The Morgan fingerprint density at radius 2 is 2.11 bits per heavy atom. The molecule has 0 radical (unpaired) electrons. The number of methoxy groups -OCH3 is 2. The molecule has 8 nitrogen and oxygen atoms in total. The Balaban J connectivity index is 1.89. The third-order valence-electron chi connectivity index (χ3n) is 4.09. The molecule has 2 aromatic heterocycles. The number of fused-ring (bicyclic) bond motifs is 1. The summed E-state index contributed by atoms with van der Waals surface area (Å²) in [5.41, 5.74) is 0.626. The largest absolute Gasteiger partial charge is 0.467 e. The van der Waals surface area contributed by atoms with Crippen molar-refractivity contribution in [3.8, 4) is 0 Å². The first-order chi connectivity index (χ1) is 13.0. The van der Waals surface area contributed by atoms with E-state index in [0.29, 0.717) is 22.2 Å². The summed E-state index contributed by atoms with van der Waals surface area (Å²) < 4.78 is 17.0. The zero-order chi connectivity index (χ0) is 19.4. The number of H-pyrrole nitrogens is 1. The number of furan rings is 1. The smallest absolute Gasteiger partial charge is 0.262 e. The summed E-state index contributed by atoms with van der Waals surface area (Å²) in [5.74, 6) is 0.313. The van der Waals surface area contributed by atoms with E-state index >= 15 is 0 Å². The van der Waals surface area contributed by atoms with Gasteiger partial charge in [-0.15, -0.1) is 0 Å². The van der Waals surface area contributed by atoms with E-state index in [2.05, 4.69) is 10.3 Å². The molecule has 0 unspecified atom stereocenters. The molecular weight excluding hydrogens is 370 g/mol. The molecule has 2 N–H and O–H groups in total. The maximum absolute atomic E-state index is 12.8. The number of aromatic amines is 1. The van der Waals surface area contributed by atoms with Gasteiger partial charge >= 0.3 is 0 Å². The minimum absolute atomic E-state index is 0.199. The summed E-state index contributed by atoms with van der Waals surface area (Å²) in [5, 5.41) is 3.14. The van der Waals surface area contributed by atoms with E-state index in [1.807, 2.05) is 0 Å². The molecule has 0 saturated heterocycles. The molecule has 1 aromatic carbocycles. The van der Waals surface area contributed by atoms with Crippen LogP contribution in [0.4, 0.5) is 0 Å². The Morgan fingerprint density at radius 1 is 1.33 bits per heavy atom. The minimum atomic E-state index is -0.533. The van der Waals surface area contributed by atoms with Crippen LogP contribution in [0.1, 0.15) is 16.1 Å². The number of carbonyl (C=O) groups excluding carboxylic acids is 1. The molecule has 3 rings (SSSR count). The standard InChI is InChI=1S/C18H19N3O5S/c1-24-15(25-2)9-19-16(22)11-5-6-13-14(8-11)20-18(27)21(17(13)23)10-12-4-3-7-26-12/h3-8,15H,9-10H2,1-2H3,(H,19,22)(H,20,27). The zero-order valence-corrected chi connectivity index (χ0v) is 15.7. The SMILES string of the molecule is COC(CNC(=O)c1ccc2c(=O)n(Cc3ccco3)c(=S)[nH]c2c1)OC. The van der Waals surface area contributed by atoms with Crippen molar-refractivity contribution in [3.63, 3.8) is 0 Å². The van der Waals surface area contributed by atoms with Crippen LogP contribution in [-0.2, 0) is 16.0 Å². The van der Waals surface area contributed by atoms with Gasteiger partial charge in [0.15, 0.2) is 11.1 Å². The molecule has 9 heteroatoms. The number of amides is 1. The Kier molecular flexibility index (Phi) is 5.84. The molecular formula is C18H19N3O5S. The average Bonchev–Trinajstić information content (AvgIpc) is 3.18. The van der Waals surface area contributed by atoms with E-state index in [9.17, 15) is 9.59 Å². The van der Waals surface area contributed by atoms with Gasteiger partial charge in [-0.2, -0.15) is 0 Å². The molecule has 142 valence electrons. The van der Waals surface area contributed by atoms with Gasteiger partial charge < -0.3 is 24.2 Å². The van der Waals surface area contributed by atoms with Gasteiger partial charge in [0.05, 0.1) is 30.3 Å². The van der Waals surface area contributed by atoms with Gasteiger partial charge in [-0.3, -0.25) is 14.2 Å². The van der Waals surface area contributed by atoms with Crippen molar-refractivity contribution in [2.45, 2.75) is 12.8 Å². The topological polar surface area (TPSA) is 98.5 Å². The first kappa shape index (κ1) is 19.0. The molecule has 3 aromatic rings. The number of benzene rings is 1. The van der Waals surface area contributed by atoms with Gasteiger partial charge in [-0.1, -0.05) is 0 Å². The van der Waals surface area contributed by atoms with Crippen molar-refractivity contribution in [2.75, 3.05) is 20.8 Å². The third kappa shape index (κ3) is 4.16. The number of hydrogen-bond acceptors (Lipinski definition) is 6. The lowest BCUT2D eigenvalue weighted by Crippen LogP contribution is -2.34. The van der Waals surface area contributed by atoms with Crippen LogP contribution in [-0.4, -0.2) is 42.5 Å². The van der Waals surface area contributed by atoms with Gasteiger partial charge in [0.25, 0.3) is 11.5 Å². The highest BCUT2D eigenvalue weighted by Crippen LogP contribution is 2.12. The van der Waals surface area contributed by atoms with E-state index in [4.69, 9.17) is 26.1 Å². The van der Waals surface area contributed by atoms with Crippen molar-refractivity contribution in [1.82, 2.24) is 14.9 Å². The molecule has 0 saturated carbocycles. The molecule has 1 amide bonds. The Bertz CT molecular complexity index is 1050. The second-order valence-corrected chi connectivity index (χ2v) is 6.16. The van der Waals surface area contributed by atoms with Crippen LogP contribution in [0.5, 0.6) is 0 Å². The Hall–Kier alpha value is -2.75. The van der Waals surface area contributed by atoms with Crippen LogP contribution in [0.2, 0.25) is 0 Å². The monoisotopic (exact) mass is 389 g/mol. The fraction of sp³-hybridized carbons (Fsp3) is 0.278. The van der Waals surface area contributed by atoms with Gasteiger partial charge in [-0.25, -0.2) is 0 Å². The number of ether oxygens (including phenoxy) is 2. The molecule has 0 aliphatic heterocycles. The van der Waals surface area contributed by atoms with Gasteiger partial charge in [0.1, 0.15) is 5.76 Å². The summed E-state index contributed by atoms with van der Waals surface area (Å²) in [4.78, 5) is 28.1. The highest BCUT2D eigenvalue weighted by molar-refractivity contribution is 7.71. The molecule has 0 aliphatic carbocycles. The Morgan fingerprint density at radius 3 is 2.78 bits per heavy atom. The lowest BCUT2D eigenvalue weighted by atomic mass is 10.1. The second-order valence-electron chi connectivity index (χ2n) is 5.77. The van der Waals surface area contributed by atoms with Crippen LogP contribution < -0.4 is 10.9 Å². The number of carbonyl (C=O) groups is 1. The fourth-order valence-corrected chi connectivity index (χ4v) is 2.90. The third-order valence-corrected chi connectivity index (χ3v) is 4.42. The minimum Gasteiger partial charge on any atom is -0.467 e. The number of rotatable bonds is 7. The summed E-state index contributed by atoms with van der Waals surface area (Å²) >= 11 is 5.30. The van der Waals surface area contributed by atoms with Crippen LogP contribution in [0.3, 0.4) is 0 Å². The second kappa shape index (κ2) is 8.30. The van der Waals surface area contributed by atoms with Gasteiger partial charge in [0, 0.05) is 19.8 Å². The van der Waals surface area contributed by atoms with E-state index in [1.54, 1.807) is 30.3 Å². The van der Waals surface area contributed by atoms with Gasteiger partial charge in [-0.05, 0) is 42.5 Å². The quantitative estimate of drug-likeness (QED) is 0.474. The molecule has 2 heterocycles. The zero-order valence-electron chi connectivity index (χ0n) is 14.9. The van der Waals surface area contributed by atoms with E-state index in [1.165, 1.54) is 25.0 Å². The molecule has 0 spiro atoms. The maximum atomic E-state index is 12.8. The summed E-state index contributed by atoms with van der Waals surface area (Å²) in [6, 6.07) is 8.29. The van der Waals surface area contributed by atoms with Crippen LogP contribution in [0.15, 0.2) is 45.8 Å². The summed E-state index contributed by atoms with van der Waals surface area (Å²) in [6.45, 7) is 0.430. The predicted molar refractivity (Wildman–Crippen MR) is 101 cm³/mol.